The van der Waals surface area contributed by atoms with Crippen molar-refractivity contribution in [1.29, 1.82) is 0 Å². The summed E-state index contributed by atoms with van der Waals surface area (Å²) in [6.07, 6.45) is 0. The van der Waals surface area contributed by atoms with E-state index in [0.29, 0.717) is 12.5 Å². The molecule has 0 spiro atoms. The molecular formula is C13H27NO2. The first kappa shape index (κ1) is 15.4. The normalized spacial score (nSPS) is 13.0. The molecular weight excluding hydrogens is 202 g/mol. The molecule has 0 aliphatic rings. The summed E-state index contributed by atoms with van der Waals surface area (Å²) in [7, 11) is 1.43. The Morgan fingerprint density at radius 1 is 1.19 bits per heavy atom. The van der Waals surface area contributed by atoms with Crippen LogP contribution in [-0.2, 0) is 9.53 Å². The van der Waals surface area contributed by atoms with Crippen molar-refractivity contribution in [3.63, 3.8) is 0 Å². The van der Waals surface area contributed by atoms with E-state index in [1.165, 1.54) is 7.11 Å². The van der Waals surface area contributed by atoms with Crippen LogP contribution < -0.4 is 5.32 Å². The Hall–Kier alpha value is -0.570. The van der Waals surface area contributed by atoms with Crippen molar-refractivity contribution in [2.45, 2.75) is 41.5 Å². The van der Waals surface area contributed by atoms with Gasteiger partial charge in [-0.1, -0.05) is 27.7 Å². The molecule has 0 heterocycles. The first-order valence-corrected chi connectivity index (χ1v) is 5.92. The smallest absolute Gasteiger partial charge is 0.312 e. The Labute approximate surface area is 99.9 Å². The van der Waals surface area contributed by atoms with Gasteiger partial charge in [0.25, 0.3) is 0 Å². The lowest BCUT2D eigenvalue weighted by Crippen LogP contribution is -2.41. The van der Waals surface area contributed by atoms with Gasteiger partial charge < -0.3 is 10.1 Å². The van der Waals surface area contributed by atoms with Gasteiger partial charge in [-0.3, -0.25) is 4.79 Å². The summed E-state index contributed by atoms with van der Waals surface area (Å²) in [6, 6.07) is 0. The van der Waals surface area contributed by atoms with Crippen LogP contribution in [0.15, 0.2) is 0 Å². The molecule has 0 unspecified atom stereocenters. The molecule has 96 valence electrons. The highest BCUT2D eigenvalue weighted by Crippen LogP contribution is 2.25. The predicted molar refractivity (Wildman–Crippen MR) is 67.3 cm³/mol. The molecule has 0 aromatic rings. The fourth-order valence-corrected chi connectivity index (χ4v) is 1.25. The summed E-state index contributed by atoms with van der Waals surface area (Å²) >= 11 is 0. The Balaban J connectivity index is 4.13. The summed E-state index contributed by atoms with van der Waals surface area (Å²) in [4.78, 5) is 11.5. The highest BCUT2D eigenvalue weighted by Gasteiger charge is 2.29. The predicted octanol–water partition coefficient (Wildman–Crippen LogP) is 2.46. The minimum Gasteiger partial charge on any atom is -0.469 e. The van der Waals surface area contributed by atoms with Gasteiger partial charge in [0, 0.05) is 13.1 Å². The van der Waals surface area contributed by atoms with Crippen molar-refractivity contribution in [1.82, 2.24) is 5.32 Å². The van der Waals surface area contributed by atoms with E-state index in [1.54, 1.807) is 0 Å². The van der Waals surface area contributed by atoms with Gasteiger partial charge in [0.1, 0.15) is 0 Å². The average Bonchev–Trinajstić information content (AvgIpc) is 2.15. The summed E-state index contributed by atoms with van der Waals surface area (Å²) < 4.78 is 4.77. The number of nitrogens with one attached hydrogen (secondary N) is 1. The molecule has 0 fully saturated rings. The second-order valence-electron chi connectivity index (χ2n) is 6.12. The van der Waals surface area contributed by atoms with Gasteiger partial charge in [-0.2, -0.15) is 0 Å². The molecule has 0 saturated heterocycles. The van der Waals surface area contributed by atoms with Crippen molar-refractivity contribution in [3.8, 4) is 0 Å². The average molecular weight is 229 g/mol. The molecule has 1 N–H and O–H groups in total. The second-order valence-corrected chi connectivity index (χ2v) is 6.12. The number of carbonyl (C=O) groups is 1. The number of hydrogen-bond donors (Lipinski definition) is 1. The maximum Gasteiger partial charge on any atom is 0.312 e. The minimum absolute atomic E-state index is 0.164. The third-order valence-electron chi connectivity index (χ3n) is 3.45. The highest BCUT2D eigenvalue weighted by molar-refractivity contribution is 5.76. The lowest BCUT2D eigenvalue weighted by atomic mass is 9.81. The Bertz CT molecular complexity index is 232. The molecule has 0 atom stereocenters. The Kier molecular flexibility index (Phi) is 5.47. The van der Waals surface area contributed by atoms with Crippen LogP contribution in [0.25, 0.3) is 0 Å². The van der Waals surface area contributed by atoms with Gasteiger partial charge in [0.15, 0.2) is 0 Å². The van der Waals surface area contributed by atoms with Crippen LogP contribution in [0.2, 0.25) is 0 Å². The summed E-state index contributed by atoms with van der Waals surface area (Å²) in [5.74, 6) is 0.448. The number of methoxy groups -OCH3 is 1. The number of carbonyl (C=O) groups excluding carboxylic acids is 1. The third-order valence-corrected chi connectivity index (χ3v) is 3.45. The molecule has 0 aliphatic heterocycles. The minimum atomic E-state index is -0.457. The van der Waals surface area contributed by atoms with E-state index in [9.17, 15) is 4.79 Å². The zero-order valence-electron chi connectivity index (χ0n) is 11.8. The van der Waals surface area contributed by atoms with E-state index in [1.807, 2.05) is 13.8 Å². The molecule has 0 radical (unpaired) electrons. The fraction of sp³-hybridized carbons (Fsp3) is 0.923. The van der Waals surface area contributed by atoms with Gasteiger partial charge in [-0.25, -0.2) is 0 Å². The third kappa shape index (κ3) is 4.52. The van der Waals surface area contributed by atoms with Crippen molar-refractivity contribution in [2.24, 2.45) is 16.7 Å². The molecule has 3 heteroatoms. The highest BCUT2D eigenvalue weighted by atomic mass is 16.5. The van der Waals surface area contributed by atoms with E-state index < -0.39 is 5.41 Å². The van der Waals surface area contributed by atoms with Gasteiger partial charge in [0.05, 0.1) is 12.5 Å². The van der Waals surface area contributed by atoms with E-state index in [4.69, 9.17) is 4.74 Å². The number of hydrogen-bond acceptors (Lipinski definition) is 3. The monoisotopic (exact) mass is 229 g/mol. The fourth-order valence-electron chi connectivity index (χ4n) is 1.25. The topological polar surface area (TPSA) is 38.3 Å². The maximum atomic E-state index is 11.5. The van der Waals surface area contributed by atoms with Crippen molar-refractivity contribution >= 4 is 5.97 Å². The Morgan fingerprint density at radius 3 is 2.06 bits per heavy atom. The van der Waals surface area contributed by atoms with Crippen LogP contribution in [0, 0.1) is 16.7 Å². The van der Waals surface area contributed by atoms with Crippen LogP contribution in [0.1, 0.15) is 41.5 Å². The molecule has 3 nitrogen and oxygen atoms in total. The molecule has 0 aromatic heterocycles. The lowest BCUT2D eigenvalue weighted by molar-refractivity contribution is -0.150. The second kappa shape index (κ2) is 5.67. The Morgan fingerprint density at radius 2 is 1.69 bits per heavy atom. The zero-order valence-corrected chi connectivity index (χ0v) is 11.8. The molecule has 0 amide bonds. The number of ether oxygens (including phenoxy) is 1. The van der Waals surface area contributed by atoms with E-state index in [0.717, 1.165) is 6.54 Å². The molecule has 0 aromatic carbocycles. The van der Waals surface area contributed by atoms with Gasteiger partial charge >= 0.3 is 5.97 Å². The van der Waals surface area contributed by atoms with Gasteiger partial charge in [-0.05, 0) is 25.2 Å². The quantitative estimate of drug-likeness (QED) is 0.711. The van der Waals surface area contributed by atoms with Crippen LogP contribution in [0.5, 0.6) is 0 Å². The zero-order chi connectivity index (χ0) is 13.0. The van der Waals surface area contributed by atoms with Crippen molar-refractivity contribution in [3.05, 3.63) is 0 Å². The van der Waals surface area contributed by atoms with Crippen LogP contribution in [0.3, 0.4) is 0 Å². The van der Waals surface area contributed by atoms with Crippen LogP contribution in [-0.4, -0.2) is 26.2 Å². The van der Waals surface area contributed by atoms with Crippen molar-refractivity contribution in [2.75, 3.05) is 20.2 Å². The molecule has 16 heavy (non-hydrogen) atoms. The SMILES string of the molecule is COC(=O)C(C)(C)CNCC(C)(C)C(C)C. The van der Waals surface area contributed by atoms with E-state index in [2.05, 4.69) is 33.0 Å². The van der Waals surface area contributed by atoms with Crippen LogP contribution in [0.4, 0.5) is 0 Å². The summed E-state index contributed by atoms with van der Waals surface area (Å²) in [5, 5.41) is 3.36. The summed E-state index contributed by atoms with van der Waals surface area (Å²) in [5.41, 5.74) is -0.214. The standard InChI is InChI=1S/C13H27NO2/c1-10(2)12(3,4)8-14-9-13(5,6)11(15)16-7/h10,14H,8-9H2,1-7H3. The van der Waals surface area contributed by atoms with E-state index >= 15 is 0 Å². The first-order valence-electron chi connectivity index (χ1n) is 5.92. The van der Waals surface area contributed by atoms with Gasteiger partial charge in [0.2, 0.25) is 0 Å². The number of esters is 1. The molecule has 0 saturated carbocycles. The van der Waals surface area contributed by atoms with Crippen molar-refractivity contribution < 1.29 is 9.53 Å². The van der Waals surface area contributed by atoms with E-state index in [-0.39, 0.29) is 11.4 Å². The molecule has 0 bridgehead atoms. The van der Waals surface area contributed by atoms with Gasteiger partial charge in [-0.15, -0.1) is 0 Å². The maximum absolute atomic E-state index is 11.5. The van der Waals surface area contributed by atoms with Crippen LogP contribution >= 0.6 is 0 Å². The first-order chi connectivity index (χ1) is 7.13. The summed E-state index contributed by atoms with van der Waals surface area (Å²) in [6.45, 7) is 14.2. The molecule has 0 rings (SSSR count). The largest absolute Gasteiger partial charge is 0.469 e. The molecule has 0 aliphatic carbocycles. The number of rotatable bonds is 6. The lowest BCUT2D eigenvalue weighted by Gasteiger charge is -2.31.